The summed E-state index contributed by atoms with van der Waals surface area (Å²) in [5.41, 5.74) is 0. The fourth-order valence-electron chi connectivity index (χ4n) is 2.07. The number of hydrogen-bond donors (Lipinski definition) is 0. The Morgan fingerprint density at radius 1 is 1.19 bits per heavy atom. The molecule has 1 aliphatic rings. The van der Waals surface area contributed by atoms with Crippen LogP contribution in [0.25, 0.3) is 0 Å². The molecule has 1 aromatic rings. The number of ether oxygens (including phenoxy) is 1. The molecule has 0 saturated carbocycles. The fraction of sp³-hybridized carbons (Fsp3) is 0.429. The van der Waals surface area contributed by atoms with Gasteiger partial charge in [0.2, 0.25) is 0 Å². The van der Waals surface area contributed by atoms with Crippen LogP contribution in [-0.2, 0) is 23.2 Å². The number of rotatable bonds is 7. The van der Waals surface area contributed by atoms with Crippen LogP contribution in [-0.4, -0.2) is 33.3 Å². The Balaban J connectivity index is 2.36. The fourth-order valence-corrected chi connectivity index (χ4v) is 6.16. The van der Waals surface area contributed by atoms with Crippen molar-refractivity contribution in [3.05, 3.63) is 18.2 Å². The predicted octanol–water partition coefficient (Wildman–Crippen LogP) is 1.89. The first-order valence-electron chi connectivity index (χ1n) is 6.77. The minimum Gasteiger partial charge on any atom is -0.481 e. The van der Waals surface area contributed by atoms with Crippen molar-refractivity contribution in [1.29, 1.82) is 0 Å². The summed E-state index contributed by atoms with van der Waals surface area (Å²) in [6, 6.07) is 5.71. The summed E-state index contributed by atoms with van der Waals surface area (Å²) in [4.78, 5) is 25.2. The molecule has 1 heterocycles. The Labute approximate surface area is 129 Å². The molecule has 0 unspecified atom stereocenters. The quantitative estimate of drug-likeness (QED) is 0.440. The number of carbonyl (C=O) groups excluding carboxylic acids is 2. The maximum atomic E-state index is 11.5. The van der Waals surface area contributed by atoms with Crippen LogP contribution < -0.4 is 5.19 Å². The topological polar surface area (TPSA) is 61.8 Å². The van der Waals surface area contributed by atoms with Crippen LogP contribution in [0.2, 0.25) is 0 Å². The zero-order chi connectivity index (χ0) is 15.5. The van der Waals surface area contributed by atoms with E-state index < -0.39 is 20.5 Å². The van der Waals surface area contributed by atoms with Crippen molar-refractivity contribution in [2.24, 2.45) is 0 Å². The zero-order valence-corrected chi connectivity index (χ0v) is 14.1. The van der Waals surface area contributed by atoms with Crippen molar-refractivity contribution >= 4 is 37.4 Å². The standard InChI is InChI=1S/C14H18O5SSi/c1-4-8-17-9-21(18-10(2)15,19-11(3)16)13-7-5-6-12-14(13)20-12/h5-7H,4,8-9H2,1-3H3. The molecule has 0 atom stereocenters. The molecular weight excluding hydrogens is 308 g/mol. The SMILES string of the molecule is CCCOC[Si](OC(C)=O)(OC(C)=O)c1cccc2c1S2. The highest BCUT2D eigenvalue weighted by atomic mass is 32.2. The van der Waals surface area contributed by atoms with Gasteiger partial charge < -0.3 is 13.6 Å². The summed E-state index contributed by atoms with van der Waals surface area (Å²) in [6.45, 7) is 5.15. The molecule has 0 aromatic heterocycles. The number of carbonyl (C=O) groups is 2. The van der Waals surface area contributed by atoms with Gasteiger partial charge in [0.1, 0.15) is 6.23 Å². The van der Waals surface area contributed by atoms with Crippen LogP contribution >= 0.6 is 11.8 Å². The maximum Gasteiger partial charge on any atom is 0.527 e. The second kappa shape index (κ2) is 6.63. The third-order valence-electron chi connectivity index (χ3n) is 2.82. The predicted molar refractivity (Wildman–Crippen MR) is 80.6 cm³/mol. The highest BCUT2D eigenvalue weighted by molar-refractivity contribution is 8.05. The van der Waals surface area contributed by atoms with Crippen LogP contribution in [0.5, 0.6) is 0 Å². The van der Waals surface area contributed by atoms with Crippen LogP contribution in [0, 0.1) is 0 Å². The lowest BCUT2D eigenvalue weighted by molar-refractivity contribution is -0.139. The van der Waals surface area contributed by atoms with Crippen LogP contribution in [0.1, 0.15) is 27.2 Å². The molecule has 7 heteroatoms. The molecule has 2 rings (SSSR count). The lowest BCUT2D eigenvalue weighted by Crippen LogP contribution is -2.60. The highest BCUT2D eigenvalue weighted by Crippen LogP contribution is 2.47. The van der Waals surface area contributed by atoms with Gasteiger partial charge in [-0.05, 0) is 12.5 Å². The van der Waals surface area contributed by atoms with Crippen LogP contribution in [0.4, 0.5) is 0 Å². The minimum absolute atomic E-state index is 0.122. The molecule has 0 bridgehead atoms. The molecule has 0 saturated heterocycles. The van der Waals surface area contributed by atoms with E-state index in [0.717, 1.165) is 21.4 Å². The molecule has 0 radical (unpaired) electrons. The van der Waals surface area contributed by atoms with E-state index in [0.29, 0.717) is 6.61 Å². The van der Waals surface area contributed by atoms with E-state index in [4.69, 9.17) is 13.6 Å². The van der Waals surface area contributed by atoms with Crippen molar-refractivity contribution in [3.8, 4) is 0 Å². The lowest BCUT2D eigenvalue weighted by Gasteiger charge is -2.28. The molecule has 114 valence electrons. The van der Waals surface area contributed by atoms with Crippen molar-refractivity contribution in [2.75, 3.05) is 12.8 Å². The molecule has 0 spiro atoms. The Hall–Kier alpha value is -1.31. The largest absolute Gasteiger partial charge is 0.527 e. The van der Waals surface area contributed by atoms with E-state index in [-0.39, 0.29) is 6.23 Å². The van der Waals surface area contributed by atoms with Gasteiger partial charge in [0.05, 0.1) is 0 Å². The van der Waals surface area contributed by atoms with Crippen molar-refractivity contribution in [1.82, 2.24) is 0 Å². The third-order valence-corrected chi connectivity index (χ3v) is 7.05. The molecule has 0 amide bonds. The van der Waals surface area contributed by atoms with E-state index in [9.17, 15) is 9.59 Å². The molecule has 5 nitrogen and oxygen atoms in total. The first-order valence-corrected chi connectivity index (χ1v) is 9.61. The average molecular weight is 326 g/mol. The summed E-state index contributed by atoms with van der Waals surface area (Å²) in [5.74, 6) is -0.933. The molecule has 0 aliphatic carbocycles. The number of benzene rings is 1. The summed E-state index contributed by atoms with van der Waals surface area (Å²) in [6.07, 6.45) is 0.962. The van der Waals surface area contributed by atoms with E-state index in [1.807, 2.05) is 25.1 Å². The molecule has 21 heavy (non-hydrogen) atoms. The first-order chi connectivity index (χ1) is 9.98. The average Bonchev–Trinajstić information content (AvgIpc) is 3.16. The summed E-state index contributed by atoms with van der Waals surface area (Å²) in [5, 5.41) is 0.798. The molecular formula is C14H18O5SSi. The van der Waals surface area contributed by atoms with E-state index >= 15 is 0 Å². The van der Waals surface area contributed by atoms with Gasteiger partial charge in [0.25, 0.3) is 11.9 Å². The van der Waals surface area contributed by atoms with Crippen molar-refractivity contribution in [3.63, 3.8) is 0 Å². The lowest BCUT2D eigenvalue weighted by atomic mass is 10.4. The van der Waals surface area contributed by atoms with Crippen molar-refractivity contribution in [2.45, 2.75) is 37.0 Å². The molecule has 0 fully saturated rings. The zero-order valence-electron chi connectivity index (χ0n) is 12.3. The van der Waals surface area contributed by atoms with Gasteiger partial charge in [-0.25, -0.2) is 0 Å². The van der Waals surface area contributed by atoms with Gasteiger partial charge in [-0.3, -0.25) is 9.59 Å². The van der Waals surface area contributed by atoms with Crippen LogP contribution in [0.15, 0.2) is 28.0 Å². The maximum absolute atomic E-state index is 11.5. The monoisotopic (exact) mass is 326 g/mol. The van der Waals surface area contributed by atoms with E-state index in [2.05, 4.69) is 0 Å². The summed E-state index contributed by atoms with van der Waals surface area (Å²) >= 11 is 1.60. The van der Waals surface area contributed by atoms with Gasteiger partial charge in [-0.2, -0.15) is 0 Å². The first kappa shape index (κ1) is 16.1. The van der Waals surface area contributed by atoms with E-state index in [1.54, 1.807) is 11.8 Å². The Bertz CT molecular complexity index is 544. The second-order valence-corrected chi connectivity index (χ2v) is 8.52. The van der Waals surface area contributed by atoms with Gasteiger partial charge in [0.15, 0.2) is 0 Å². The smallest absolute Gasteiger partial charge is 0.481 e. The Morgan fingerprint density at radius 3 is 2.43 bits per heavy atom. The van der Waals surface area contributed by atoms with Gasteiger partial charge in [-0.15, -0.1) is 0 Å². The molecule has 0 N–H and O–H groups in total. The van der Waals surface area contributed by atoms with Gasteiger partial charge >= 0.3 is 8.56 Å². The molecule has 1 aromatic carbocycles. The number of hydrogen-bond acceptors (Lipinski definition) is 6. The normalized spacial score (nSPS) is 12.5. The van der Waals surface area contributed by atoms with Gasteiger partial charge in [0, 0.05) is 35.4 Å². The van der Waals surface area contributed by atoms with Crippen LogP contribution in [0.3, 0.4) is 0 Å². The summed E-state index contributed by atoms with van der Waals surface area (Å²) < 4.78 is 16.6. The van der Waals surface area contributed by atoms with Crippen molar-refractivity contribution < 1.29 is 23.2 Å². The minimum atomic E-state index is -3.27. The van der Waals surface area contributed by atoms with Gasteiger partial charge in [-0.1, -0.05) is 30.8 Å². The summed E-state index contributed by atoms with van der Waals surface area (Å²) in [7, 11) is -3.27. The second-order valence-electron chi connectivity index (χ2n) is 4.73. The Morgan fingerprint density at radius 2 is 1.86 bits per heavy atom. The molecule has 1 aliphatic heterocycles. The highest BCUT2D eigenvalue weighted by Gasteiger charge is 2.51. The third kappa shape index (κ3) is 3.87. The Kier molecular flexibility index (Phi) is 5.07. The van der Waals surface area contributed by atoms with E-state index in [1.165, 1.54) is 13.8 Å². The number of fused-ring (bicyclic) bond motifs is 1.